The number of carbonyl (C=O) groups excluding carboxylic acids is 1. The highest BCUT2D eigenvalue weighted by Gasteiger charge is 2.34. The summed E-state index contributed by atoms with van der Waals surface area (Å²) in [7, 11) is 0. The molecule has 3 heteroatoms. The number of hydrogen-bond donors (Lipinski definition) is 2. The van der Waals surface area contributed by atoms with Crippen molar-refractivity contribution in [2.75, 3.05) is 6.54 Å². The van der Waals surface area contributed by atoms with E-state index in [1.54, 1.807) is 18.2 Å². The van der Waals surface area contributed by atoms with E-state index in [1.807, 2.05) is 6.07 Å². The maximum absolute atomic E-state index is 12.1. The summed E-state index contributed by atoms with van der Waals surface area (Å²) in [6.45, 7) is 5.31. The number of phenolic OH excluding ortho intramolecular Hbond substituents is 1. The third-order valence-corrected chi connectivity index (χ3v) is 4.44. The number of nitrogens with one attached hydrogen (secondary N) is 1. The van der Waals surface area contributed by atoms with Crippen LogP contribution < -0.4 is 5.32 Å². The van der Waals surface area contributed by atoms with Crippen LogP contribution in [0.2, 0.25) is 0 Å². The van der Waals surface area contributed by atoms with Crippen LogP contribution in [0.3, 0.4) is 0 Å². The van der Waals surface area contributed by atoms with Crippen molar-refractivity contribution < 1.29 is 9.90 Å². The van der Waals surface area contributed by atoms with E-state index in [2.05, 4.69) is 19.2 Å². The lowest BCUT2D eigenvalue weighted by atomic mass is 9.78. The number of hydrogen-bond acceptors (Lipinski definition) is 2. The number of phenols is 1. The van der Waals surface area contributed by atoms with Gasteiger partial charge >= 0.3 is 0 Å². The monoisotopic (exact) mass is 289 g/mol. The van der Waals surface area contributed by atoms with Gasteiger partial charge in [-0.15, -0.1) is 0 Å². The van der Waals surface area contributed by atoms with Gasteiger partial charge in [-0.1, -0.05) is 38.8 Å². The highest BCUT2D eigenvalue weighted by Crippen LogP contribution is 2.42. The predicted octanol–water partition coefficient (Wildman–Crippen LogP) is 3.66. The van der Waals surface area contributed by atoms with Crippen LogP contribution in [0.15, 0.2) is 24.3 Å². The van der Waals surface area contributed by atoms with Crippen LogP contribution in [-0.2, 0) is 11.2 Å². The van der Waals surface area contributed by atoms with Crippen molar-refractivity contribution in [3.8, 4) is 5.75 Å². The Hall–Kier alpha value is -1.51. The maximum atomic E-state index is 12.1. The molecule has 0 radical (unpaired) electrons. The molecule has 1 amide bonds. The van der Waals surface area contributed by atoms with E-state index in [0.29, 0.717) is 17.8 Å². The number of rotatable bonds is 6. The van der Waals surface area contributed by atoms with Crippen molar-refractivity contribution in [3.05, 3.63) is 29.8 Å². The molecule has 0 atom stereocenters. The number of benzene rings is 1. The summed E-state index contributed by atoms with van der Waals surface area (Å²) in [6.07, 6.45) is 6.57. The molecule has 1 fully saturated rings. The van der Waals surface area contributed by atoms with Gasteiger partial charge in [-0.05, 0) is 48.3 Å². The number of aromatic hydroxyl groups is 1. The van der Waals surface area contributed by atoms with Gasteiger partial charge in [-0.3, -0.25) is 4.79 Å². The standard InChI is InChI=1S/C18H27NO2/c1-14(2)12-18(8-3-4-9-18)13-19-17(21)11-15-6-5-7-16(20)10-15/h5-7,10,14,20H,3-4,8-9,11-13H2,1-2H3,(H,19,21). The molecule has 0 spiro atoms. The summed E-state index contributed by atoms with van der Waals surface area (Å²) < 4.78 is 0. The van der Waals surface area contributed by atoms with Gasteiger partial charge in [0.05, 0.1) is 6.42 Å². The van der Waals surface area contributed by atoms with Gasteiger partial charge in [-0.2, -0.15) is 0 Å². The van der Waals surface area contributed by atoms with Crippen LogP contribution in [0.25, 0.3) is 0 Å². The zero-order valence-electron chi connectivity index (χ0n) is 13.2. The van der Waals surface area contributed by atoms with Crippen LogP contribution in [-0.4, -0.2) is 17.6 Å². The molecule has 1 aliphatic rings. The molecule has 0 heterocycles. The smallest absolute Gasteiger partial charge is 0.224 e. The first-order chi connectivity index (χ1) is 9.99. The van der Waals surface area contributed by atoms with E-state index in [9.17, 15) is 9.90 Å². The van der Waals surface area contributed by atoms with Crippen molar-refractivity contribution in [3.63, 3.8) is 0 Å². The molecule has 116 valence electrons. The molecule has 21 heavy (non-hydrogen) atoms. The highest BCUT2D eigenvalue weighted by molar-refractivity contribution is 5.78. The van der Waals surface area contributed by atoms with Crippen LogP contribution >= 0.6 is 0 Å². The van der Waals surface area contributed by atoms with Crippen LogP contribution in [0, 0.1) is 11.3 Å². The molecular formula is C18H27NO2. The molecule has 0 aliphatic heterocycles. The average Bonchev–Trinajstić information content (AvgIpc) is 2.84. The van der Waals surface area contributed by atoms with E-state index in [-0.39, 0.29) is 11.7 Å². The first-order valence-corrected chi connectivity index (χ1v) is 8.04. The van der Waals surface area contributed by atoms with E-state index < -0.39 is 0 Å². The molecule has 0 bridgehead atoms. The largest absolute Gasteiger partial charge is 0.508 e. The summed E-state index contributed by atoms with van der Waals surface area (Å²) in [6, 6.07) is 6.92. The Morgan fingerprint density at radius 3 is 2.67 bits per heavy atom. The normalized spacial score (nSPS) is 17.1. The molecule has 0 unspecified atom stereocenters. The van der Waals surface area contributed by atoms with Gasteiger partial charge in [0.15, 0.2) is 0 Å². The lowest BCUT2D eigenvalue weighted by Gasteiger charge is -2.31. The second-order valence-electron chi connectivity index (χ2n) is 6.93. The third-order valence-electron chi connectivity index (χ3n) is 4.44. The molecule has 3 nitrogen and oxygen atoms in total. The minimum Gasteiger partial charge on any atom is -0.508 e. The van der Waals surface area contributed by atoms with E-state index in [4.69, 9.17) is 0 Å². The van der Waals surface area contributed by atoms with E-state index >= 15 is 0 Å². The third kappa shape index (κ3) is 4.76. The van der Waals surface area contributed by atoms with Gasteiger partial charge < -0.3 is 10.4 Å². The molecule has 1 aliphatic carbocycles. The predicted molar refractivity (Wildman–Crippen MR) is 85.2 cm³/mol. The Kier molecular flexibility index (Phi) is 5.27. The molecule has 1 aromatic carbocycles. The summed E-state index contributed by atoms with van der Waals surface area (Å²) in [4.78, 5) is 12.1. The number of amides is 1. The summed E-state index contributed by atoms with van der Waals surface area (Å²) >= 11 is 0. The van der Waals surface area contributed by atoms with E-state index in [1.165, 1.54) is 32.1 Å². The van der Waals surface area contributed by atoms with Crippen molar-refractivity contribution in [2.24, 2.45) is 11.3 Å². The molecule has 2 N–H and O–H groups in total. The fraction of sp³-hybridized carbons (Fsp3) is 0.611. The molecule has 1 saturated carbocycles. The Morgan fingerprint density at radius 2 is 2.05 bits per heavy atom. The van der Waals surface area contributed by atoms with Gasteiger partial charge in [0.25, 0.3) is 0 Å². The molecule has 2 rings (SSSR count). The van der Waals surface area contributed by atoms with Gasteiger partial charge in [0.1, 0.15) is 5.75 Å². The van der Waals surface area contributed by atoms with Crippen molar-refractivity contribution in [1.82, 2.24) is 5.32 Å². The summed E-state index contributed by atoms with van der Waals surface area (Å²) in [5, 5.41) is 12.6. The van der Waals surface area contributed by atoms with Crippen LogP contribution in [0.5, 0.6) is 5.75 Å². The van der Waals surface area contributed by atoms with Crippen molar-refractivity contribution in [2.45, 2.75) is 52.4 Å². The minimum absolute atomic E-state index is 0.0515. The topological polar surface area (TPSA) is 49.3 Å². The maximum Gasteiger partial charge on any atom is 0.224 e. The van der Waals surface area contributed by atoms with E-state index in [0.717, 1.165) is 12.1 Å². The second kappa shape index (κ2) is 6.97. The zero-order valence-corrected chi connectivity index (χ0v) is 13.2. The zero-order chi connectivity index (χ0) is 15.3. The highest BCUT2D eigenvalue weighted by atomic mass is 16.3. The van der Waals surface area contributed by atoms with Gasteiger partial charge in [0, 0.05) is 6.54 Å². The second-order valence-corrected chi connectivity index (χ2v) is 6.93. The summed E-state index contributed by atoms with van der Waals surface area (Å²) in [5.74, 6) is 0.939. The SMILES string of the molecule is CC(C)CC1(CNC(=O)Cc2cccc(O)c2)CCCC1. The molecule has 1 aromatic rings. The fourth-order valence-electron chi connectivity index (χ4n) is 3.64. The average molecular weight is 289 g/mol. The lowest BCUT2D eigenvalue weighted by molar-refractivity contribution is -0.121. The minimum atomic E-state index is 0.0515. The molecule has 0 aromatic heterocycles. The molecule has 0 saturated heterocycles. The Labute approximate surface area is 127 Å². The Balaban J connectivity index is 1.87. The van der Waals surface area contributed by atoms with Crippen LogP contribution in [0.4, 0.5) is 0 Å². The van der Waals surface area contributed by atoms with Crippen LogP contribution in [0.1, 0.15) is 51.5 Å². The molecular weight excluding hydrogens is 262 g/mol. The number of carbonyl (C=O) groups is 1. The van der Waals surface area contributed by atoms with Crippen molar-refractivity contribution in [1.29, 1.82) is 0 Å². The van der Waals surface area contributed by atoms with Crippen molar-refractivity contribution >= 4 is 5.91 Å². The fourth-order valence-corrected chi connectivity index (χ4v) is 3.64. The first-order valence-electron chi connectivity index (χ1n) is 8.04. The lowest BCUT2D eigenvalue weighted by Crippen LogP contribution is -2.37. The van der Waals surface area contributed by atoms with Gasteiger partial charge in [0.2, 0.25) is 5.91 Å². The Bertz CT molecular complexity index is 476. The first kappa shape index (κ1) is 15.9. The van der Waals surface area contributed by atoms with Gasteiger partial charge in [-0.25, -0.2) is 0 Å². The quantitative estimate of drug-likeness (QED) is 0.839. The Morgan fingerprint density at radius 1 is 1.33 bits per heavy atom. The summed E-state index contributed by atoms with van der Waals surface area (Å²) in [5.41, 5.74) is 1.17.